The Hall–Kier alpha value is -1.35. The Bertz CT molecular complexity index is 792. The number of aldehydes is 1. The van der Waals surface area contributed by atoms with Crippen LogP contribution in [-0.2, 0) is 4.74 Å². The number of fused-ring (bicyclic) bond motifs is 1. The SMILES string of the molecule is COc1c(C=O)c2cc(Cl)c(Cl)cc2n1[C@@H]1O[C@H](CO)C(O)C1O. The van der Waals surface area contributed by atoms with Crippen molar-refractivity contribution >= 4 is 40.4 Å². The minimum atomic E-state index is -1.33. The second-order valence-corrected chi connectivity index (χ2v) is 6.24. The van der Waals surface area contributed by atoms with Gasteiger partial charge in [-0.05, 0) is 12.1 Å². The predicted octanol–water partition coefficient (Wildman–Crippen LogP) is 1.38. The molecule has 3 N–H and O–H groups in total. The molecule has 2 heterocycles. The minimum absolute atomic E-state index is 0.133. The average molecular weight is 376 g/mol. The van der Waals surface area contributed by atoms with E-state index in [1.165, 1.54) is 23.8 Å². The van der Waals surface area contributed by atoms with Crippen LogP contribution in [0.2, 0.25) is 10.0 Å². The van der Waals surface area contributed by atoms with Crippen LogP contribution in [0.3, 0.4) is 0 Å². The first kappa shape index (κ1) is 17.5. The largest absolute Gasteiger partial charge is 0.482 e. The number of nitrogens with zero attached hydrogens (tertiary/aromatic N) is 1. The van der Waals surface area contributed by atoms with Gasteiger partial charge in [-0.15, -0.1) is 0 Å². The Kier molecular flexibility index (Phi) is 4.74. The first-order chi connectivity index (χ1) is 11.4. The topological polar surface area (TPSA) is 101 Å². The van der Waals surface area contributed by atoms with Gasteiger partial charge in [-0.1, -0.05) is 23.2 Å². The van der Waals surface area contributed by atoms with Gasteiger partial charge >= 0.3 is 0 Å². The van der Waals surface area contributed by atoms with Crippen LogP contribution in [0.5, 0.6) is 5.88 Å². The molecule has 0 spiro atoms. The molecule has 24 heavy (non-hydrogen) atoms. The van der Waals surface area contributed by atoms with Crippen LogP contribution in [0.1, 0.15) is 16.6 Å². The van der Waals surface area contributed by atoms with E-state index >= 15 is 0 Å². The summed E-state index contributed by atoms with van der Waals surface area (Å²) in [5.74, 6) is 0.133. The molecule has 0 amide bonds. The number of halogens is 2. The van der Waals surface area contributed by atoms with Gasteiger partial charge < -0.3 is 24.8 Å². The Morgan fingerprint density at radius 3 is 2.50 bits per heavy atom. The smallest absolute Gasteiger partial charge is 0.207 e. The zero-order valence-electron chi connectivity index (χ0n) is 12.5. The molecule has 0 bridgehead atoms. The van der Waals surface area contributed by atoms with Gasteiger partial charge in [0.05, 0.1) is 34.8 Å². The molecule has 1 fully saturated rings. The maximum Gasteiger partial charge on any atom is 0.207 e. The molecule has 2 aromatic rings. The fraction of sp³-hybridized carbons (Fsp3) is 0.400. The fourth-order valence-electron chi connectivity index (χ4n) is 2.97. The molecule has 3 rings (SSSR count). The summed E-state index contributed by atoms with van der Waals surface area (Å²) in [5.41, 5.74) is 0.655. The lowest BCUT2D eigenvalue weighted by atomic mass is 10.1. The number of carbonyl (C=O) groups excluding carboxylic acids is 1. The molecule has 2 unspecified atom stereocenters. The minimum Gasteiger partial charge on any atom is -0.482 e. The van der Waals surface area contributed by atoms with Crippen LogP contribution in [0.4, 0.5) is 0 Å². The number of rotatable bonds is 4. The highest BCUT2D eigenvalue weighted by Gasteiger charge is 2.45. The third kappa shape index (κ3) is 2.48. The number of aliphatic hydroxyl groups is 3. The first-order valence-electron chi connectivity index (χ1n) is 7.09. The van der Waals surface area contributed by atoms with Crippen LogP contribution in [-0.4, -0.2) is 58.2 Å². The maximum absolute atomic E-state index is 11.5. The highest BCUT2D eigenvalue weighted by atomic mass is 35.5. The van der Waals surface area contributed by atoms with Gasteiger partial charge in [-0.2, -0.15) is 0 Å². The summed E-state index contributed by atoms with van der Waals surface area (Å²) in [4.78, 5) is 11.5. The van der Waals surface area contributed by atoms with Crippen molar-refractivity contribution in [3.63, 3.8) is 0 Å². The fourth-order valence-corrected chi connectivity index (χ4v) is 3.30. The summed E-state index contributed by atoms with van der Waals surface area (Å²) >= 11 is 12.1. The number of hydrogen-bond donors (Lipinski definition) is 3. The third-order valence-electron chi connectivity index (χ3n) is 4.12. The normalized spacial score (nSPS) is 26.9. The molecule has 1 saturated heterocycles. The maximum atomic E-state index is 11.5. The zero-order chi connectivity index (χ0) is 17.6. The van der Waals surface area contributed by atoms with Gasteiger partial charge in [0.1, 0.15) is 18.3 Å². The van der Waals surface area contributed by atoms with Crippen molar-refractivity contribution in [3.05, 3.63) is 27.7 Å². The Morgan fingerprint density at radius 2 is 1.96 bits per heavy atom. The number of methoxy groups -OCH3 is 1. The number of ether oxygens (including phenoxy) is 2. The lowest BCUT2D eigenvalue weighted by molar-refractivity contribution is -0.0531. The number of aliphatic hydroxyl groups excluding tert-OH is 3. The highest BCUT2D eigenvalue weighted by molar-refractivity contribution is 6.43. The van der Waals surface area contributed by atoms with E-state index in [4.69, 9.17) is 32.7 Å². The van der Waals surface area contributed by atoms with Crippen molar-refractivity contribution in [1.29, 1.82) is 0 Å². The van der Waals surface area contributed by atoms with Crippen molar-refractivity contribution < 1.29 is 29.6 Å². The van der Waals surface area contributed by atoms with Gasteiger partial charge in [0.25, 0.3) is 0 Å². The molecule has 1 aromatic carbocycles. The number of aromatic nitrogens is 1. The van der Waals surface area contributed by atoms with Gasteiger partial charge in [0.2, 0.25) is 5.88 Å². The monoisotopic (exact) mass is 375 g/mol. The van der Waals surface area contributed by atoms with Gasteiger partial charge in [-0.25, -0.2) is 0 Å². The van der Waals surface area contributed by atoms with E-state index < -0.39 is 31.1 Å². The highest BCUT2D eigenvalue weighted by Crippen LogP contribution is 2.41. The predicted molar refractivity (Wildman–Crippen MR) is 86.9 cm³/mol. The Labute approximate surface area is 146 Å². The molecule has 1 aliphatic rings. The third-order valence-corrected chi connectivity index (χ3v) is 4.84. The van der Waals surface area contributed by atoms with Crippen molar-refractivity contribution in [1.82, 2.24) is 4.57 Å². The summed E-state index contributed by atoms with van der Waals surface area (Å²) < 4.78 is 12.3. The van der Waals surface area contributed by atoms with Crippen molar-refractivity contribution in [3.8, 4) is 5.88 Å². The Balaban J connectivity index is 2.27. The number of benzene rings is 1. The number of carbonyl (C=O) groups is 1. The molecule has 130 valence electrons. The molecule has 7 nitrogen and oxygen atoms in total. The van der Waals surface area contributed by atoms with E-state index in [9.17, 15) is 20.1 Å². The van der Waals surface area contributed by atoms with E-state index in [0.717, 1.165) is 0 Å². The summed E-state index contributed by atoms with van der Waals surface area (Å²) in [6, 6.07) is 3.03. The standard InChI is InChI=1S/C15H15Cl2NO6/c1-23-14-7(4-19)6-2-8(16)9(17)3-10(6)18(14)15-13(22)12(21)11(5-20)24-15/h2-4,11-13,15,20-22H,5H2,1H3/t11-,12?,13?,15-/m1/s1. The Morgan fingerprint density at radius 1 is 1.29 bits per heavy atom. The summed E-state index contributed by atoms with van der Waals surface area (Å²) in [5, 5.41) is 30.5. The van der Waals surface area contributed by atoms with Crippen molar-refractivity contribution in [2.75, 3.05) is 13.7 Å². The molecule has 0 aliphatic carbocycles. The molecular formula is C15H15Cl2NO6. The molecule has 9 heteroatoms. The second-order valence-electron chi connectivity index (χ2n) is 5.42. The first-order valence-corrected chi connectivity index (χ1v) is 7.84. The molecular weight excluding hydrogens is 361 g/mol. The second kappa shape index (κ2) is 6.51. The van der Waals surface area contributed by atoms with E-state index in [2.05, 4.69) is 0 Å². The van der Waals surface area contributed by atoms with Gasteiger partial charge in [-0.3, -0.25) is 9.36 Å². The van der Waals surface area contributed by atoms with Crippen LogP contribution in [0, 0.1) is 0 Å². The summed E-state index contributed by atoms with van der Waals surface area (Å²) in [7, 11) is 1.36. The van der Waals surface area contributed by atoms with E-state index in [1.807, 2.05) is 0 Å². The van der Waals surface area contributed by atoms with Crippen LogP contribution < -0.4 is 4.74 Å². The molecule has 1 aliphatic heterocycles. The summed E-state index contributed by atoms with van der Waals surface area (Å²) in [6.07, 6.45) is -4.05. The molecule has 0 saturated carbocycles. The quantitative estimate of drug-likeness (QED) is 0.697. The molecule has 0 radical (unpaired) electrons. The van der Waals surface area contributed by atoms with Gasteiger partial charge in [0.15, 0.2) is 12.5 Å². The molecule has 4 atom stereocenters. The molecule has 1 aromatic heterocycles. The van der Waals surface area contributed by atoms with Crippen LogP contribution in [0.15, 0.2) is 12.1 Å². The van der Waals surface area contributed by atoms with Crippen LogP contribution in [0.25, 0.3) is 10.9 Å². The average Bonchev–Trinajstić information content (AvgIpc) is 3.02. The number of hydrogen-bond acceptors (Lipinski definition) is 6. The lowest BCUT2D eigenvalue weighted by Crippen LogP contribution is -2.33. The van der Waals surface area contributed by atoms with E-state index in [1.54, 1.807) is 0 Å². The lowest BCUT2D eigenvalue weighted by Gasteiger charge is -2.20. The van der Waals surface area contributed by atoms with Crippen LogP contribution >= 0.6 is 23.2 Å². The van der Waals surface area contributed by atoms with E-state index in [0.29, 0.717) is 17.2 Å². The zero-order valence-corrected chi connectivity index (χ0v) is 14.0. The summed E-state index contributed by atoms with van der Waals surface area (Å²) in [6.45, 7) is -0.469. The van der Waals surface area contributed by atoms with Crippen molar-refractivity contribution in [2.45, 2.75) is 24.5 Å². The van der Waals surface area contributed by atoms with Crippen molar-refractivity contribution in [2.24, 2.45) is 0 Å². The van der Waals surface area contributed by atoms with Gasteiger partial charge in [0, 0.05) is 5.39 Å². The van der Waals surface area contributed by atoms with E-state index in [-0.39, 0.29) is 21.5 Å².